The van der Waals surface area contributed by atoms with Crippen LogP contribution in [0.1, 0.15) is 31.2 Å². The number of nitrogens with zero attached hydrogens (tertiary/aromatic N) is 2. The van der Waals surface area contributed by atoms with Gasteiger partial charge in [-0.3, -0.25) is 4.79 Å². The number of nitrogens with one attached hydrogen (secondary N) is 2. The zero-order valence-electron chi connectivity index (χ0n) is 13.7. The van der Waals surface area contributed by atoms with Gasteiger partial charge in [-0.1, -0.05) is 6.07 Å². The molecule has 0 radical (unpaired) electrons. The Balaban J connectivity index is 1.47. The zero-order chi connectivity index (χ0) is 16.8. The van der Waals surface area contributed by atoms with Crippen LogP contribution in [0.4, 0.5) is 4.39 Å². The molecule has 1 aliphatic rings. The molecule has 2 heterocycles. The maximum Gasteiger partial charge on any atom is 0.220 e. The number of piperidine rings is 1. The van der Waals surface area contributed by atoms with Crippen LogP contribution >= 0.6 is 0 Å². The molecule has 5 nitrogen and oxygen atoms in total. The van der Waals surface area contributed by atoms with Gasteiger partial charge in [-0.2, -0.15) is 0 Å². The predicted molar refractivity (Wildman–Crippen MR) is 90.2 cm³/mol. The Kier molecular flexibility index (Phi) is 5.59. The van der Waals surface area contributed by atoms with Crippen LogP contribution in [0.3, 0.4) is 0 Å². The average molecular weight is 330 g/mol. The molecule has 24 heavy (non-hydrogen) atoms. The van der Waals surface area contributed by atoms with Crippen LogP contribution in [0.2, 0.25) is 0 Å². The van der Waals surface area contributed by atoms with Gasteiger partial charge in [-0.15, -0.1) is 0 Å². The van der Waals surface area contributed by atoms with E-state index in [1.807, 2.05) is 6.07 Å². The monoisotopic (exact) mass is 330 g/mol. The van der Waals surface area contributed by atoms with Crippen molar-refractivity contribution >= 4 is 5.91 Å². The minimum atomic E-state index is -0.325. The largest absolute Gasteiger partial charge is 0.352 e. The molecule has 0 spiro atoms. The lowest BCUT2D eigenvalue weighted by Gasteiger charge is -2.22. The van der Waals surface area contributed by atoms with E-state index in [0.29, 0.717) is 24.6 Å². The van der Waals surface area contributed by atoms with Gasteiger partial charge in [0.25, 0.3) is 0 Å². The third-order valence-electron chi connectivity index (χ3n) is 4.52. The summed E-state index contributed by atoms with van der Waals surface area (Å²) < 4.78 is 15.8. The second-order valence-corrected chi connectivity index (χ2v) is 6.26. The minimum absolute atomic E-state index is 0.0348. The van der Waals surface area contributed by atoms with E-state index in [1.165, 1.54) is 6.07 Å². The van der Waals surface area contributed by atoms with E-state index in [4.69, 9.17) is 0 Å². The Morgan fingerprint density at radius 3 is 2.92 bits per heavy atom. The molecule has 1 aliphatic heterocycles. The fourth-order valence-corrected chi connectivity index (χ4v) is 3.07. The first-order chi connectivity index (χ1) is 11.7. The van der Waals surface area contributed by atoms with Crippen molar-refractivity contribution in [1.29, 1.82) is 0 Å². The number of hydrogen-bond donors (Lipinski definition) is 2. The zero-order valence-corrected chi connectivity index (χ0v) is 13.7. The number of halogens is 1. The van der Waals surface area contributed by atoms with Crippen molar-refractivity contribution in [2.45, 2.75) is 32.2 Å². The molecule has 1 fully saturated rings. The van der Waals surface area contributed by atoms with Crippen molar-refractivity contribution < 1.29 is 9.18 Å². The average Bonchev–Trinajstić information content (AvgIpc) is 3.13. The Morgan fingerprint density at radius 1 is 1.38 bits per heavy atom. The van der Waals surface area contributed by atoms with Gasteiger partial charge in [0.05, 0.1) is 12.0 Å². The molecule has 0 unspecified atom stereocenters. The Morgan fingerprint density at radius 2 is 2.21 bits per heavy atom. The predicted octanol–water partition coefficient (Wildman–Crippen LogP) is 2.41. The van der Waals surface area contributed by atoms with Crippen molar-refractivity contribution in [3.05, 3.63) is 48.3 Å². The molecule has 0 saturated carbocycles. The highest BCUT2D eigenvalue weighted by atomic mass is 19.1. The minimum Gasteiger partial charge on any atom is -0.352 e. The van der Waals surface area contributed by atoms with Crippen molar-refractivity contribution in [3.8, 4) is 5.69 Å². The second kappa shape index (κ2) is 8.06. The summed E-state index contributed by atoms with van der Waals surface area (Å²) in [5, 5.41) is 6.21. The molecule has 0 aliphatic carbocycles. The molecule has 1 aromatic heterocycles. The molecule has 128 valence electrons. The molecule has 0 bridgehead atoms. The summed E-state index contributed by atoms with van der Waals surface area (Å²) in [6.45, 7) is 2.45. The summed E-state index contributed by atoms with van der Waals surface area (Å²) in [6, 6.07) is 4.99. The van der Waals surface area contributed by atoms with Crippen LogP contribution in [-0.4, -0.2) is 28.5 Å². The lowest BCUT2D eigenvalue weighted by atomic mass is 9.93. The molecule has 1 amide bonds. The maximum absolute atomic E-state index is 14.2. The van der Waals surface area contributed by atoms with Crippen LogP contribution in [0.15, 0.2) is 36.9 Å². The second-order valence-electron chi connectivity index (χ2n) is 6.26. The summed E-state index contributed by atoms with van der Waals surface area (Å²) in [6.07, 6.45) is 8.63. The number of imidazole rings is 1. The quantitative estimate of drug-likeness (QED) is 0.855. The van der Waals surface area contributed by atoms with Gasteiger partial charge in [0.15, 0.2) is 0 Å². The number of rotatable bonds is 6. The number of carbonyl (C=O) groups is 1. The lowest BCUT2D eigenvalue weighted by molar-refractivity contribution is -0.121. The number of carbonyl (C=O) groups excluding carboxylic acids is 1. The van der Waals surface area contributed by atoms with Gasteiger partial charge in [0.2, 0.25) is 5.91 Å². The van der Waals surface area contributed by atoms with Crippen molar-refractivity contribution in [2.75, 3.05) is 13.1 Å². The van der Waals surface area contributed by atoms with Crippen LogP contribution in [0, 0.1) is 11.7 Å². The molecule has 1 aromatic carbocycles. The topological polar surface area (TPSA) is 59.0 Å². The SMILES string of the molecule is O=C(CCC1CCNCC1)NCc1ccc(-n2ccnc2)c(F)c1. The van der Waals surface area contributed by atoms with E-state index in [1.54, 1.807) is 29.4 Å². The fraction of sp³-hybridized carbons (Fsp3) is 0.444. The fourth-order valence-electron chi connectivity index (χ4n) is 3.07. The molecular formula is C18H23FN4O. The number of hydrogen-bond acceptors (Lipinski definition) is 3. The standard InChI is InChI=1S/C18H23FN4O/c19-16-11-15(1-3-17(16)23-10-9-21-13-23)12-22-18(24)4-2-14-5-7-20-8-6-14/h1,3,9-11,13-14,20H,2,4-8,12H2,(H,22,24). The smallest absolute Gasteiger partial charge is 0.220 e. The Labute approximate surface area is 141 Å². The highest BCUT2D eigenvalue weighted by Crippen LogP contribution is 2.18. The number of aromatic nitrogens is 2. The van der Waals surface area contributed by atoms with Gasteiger partial charge >= 0.3 is 0 Å². The summed E-state index contributed by atoms with van der Waals surface area (Å²) >= 11 is 0. The summed E-state index contributed by atoms with van der Waals surface area (Å²) in [5.74, 6) is 0.353. The van der Waals surface area contributed by atoms with E-state index < -0.39 is 0 Å². The summed E-state index contributed by atoms with van der Waals surface area (Å²) in [5.41, 5.74) is 1.21. The number of amides is 1. The normalized spacial score (nSPS) is 15.4. The third-order valence-corrected chi connectivity index (χ3v) is 4.52. The van der Waals surface area contributed by atoms with Crippen molar-refractivity contribution in [3.63, 3.8) is 0 Å². The first kappa shape index (κ1) is 16.6. The van der Waals surface area contributed by atoms with E-state index in [-0.39, 0.29) is 11.7 Å². The van der Waals surface area contributed by atoms with Crippen LogP contribution in [-0.2, 0) is 11.3 Å². The Hall–Kier alpha value is -2.21. The van der Waals surface area contributed by atoms with E-state index in [9.17, 15) is 9.18 Å². The van der Waals surface area contributed by atoms with E-state index in [2.05, 4.69) is 15.6 Å². The van der Waals surface area contributed by atoms with Gasteiger partial charge in [0.1, 0.15) is 5.82 Å². The summed E-state index contributed by atoms with van der Waals surface area (Å²) in [7, 11) is 0. The van der Waals surface area contributed by atoms with E-state index in [0.717, 1.165) is 37.9 Å². The highest BCUT2D eigenvalue weighted by molar-refractivity contribution is 5.75. The molecule has 1 saturated heterocycles. The van der Waals surface area contributed by atoms with Crippen molar-refractivity contribution in [2.24, 2.45) is 5.92 Å². The Bertz CT molecular complexity index is 666. The first-order valence-corrected chi connectivity index (χ1v) is 8.46. The van der Waals surface area contributed by atoms with Gasteiger partial charge in [-0.05, 0) is 56.0 Å². The molecule has 3 rings (SSSR count). The van der Waals surface area contributed by atoms with Gasteiger partial charge in [0, 0.05) is 25.4 Å². The molecule has 2 N–H and O–H groups in total. The molecule has 6 heteroatoms. The first-order valence-electron chi connectivity index (χ1n) is 8.46. The van der Waals surface area contributed by atoms with Gasteiger partial charge in [-0.25, -0.2) is 9.37 Å². The van der Waals surface area contributed by atoms with E-state index >= 15 is 0 Å². The molecular weight excluding hydrogens is 307 g/mol. The summed E-state index contributed by atoms with van der Waals surface area (Å²) in [4.78, 5) is 15.9. The van der Waals surface area contributed by atoms with Crippen molar-refractivity contribution in [1.82, 2.24) is 20.2 Å². The van der Waals surface area contributed by atoms with Crippen LogP contribution in [0.25, 0.3) is 5.69 Å². The highest BCUT2D eigenvalue weighted by Gasteiger charge is 2.14. The molecule has 2 aromatic rings. The lowest BCUT2D eigenvalue weighted by Crippen LogP contribution is -2.29. The number of benzene rings is 1. The van der Waals surface area contributed by atoms with Crippen LogP contribution < -0.4 is 10.6 Å². The molecule has 0 atom stereocenters. The van der Waals surface area contributed by atoms with Gasteiger partial charge < -0.3 is 15.2 Å². The third kappa shape index (κ3) is 4.41. The maximum atomic E-state index is 14.2. The van der Waals surface area contributed by atoms with Crippen LogP contribution in [0.5, 0.6) is 0 Å².